The van der Waals surface area contributed by atoms with Crippen molar-refractivity contribution < 1.29 is 4.79 Å². The summed E-state index contributed by atoms with van der Waals surface area (Å²) in [6, 6.07) is 1.72. The molecular formula is C13H23N3O. The molecule has 0 aliphatic heterocycles. The third kappa shape index (κ3) is 3.51. The first-order valence-corrected chi connectivity index (χ1v) is 6.17. The molecule has 1 amide bonds. The second kappa shape index (κ2) is 5.25. The molecule has 0 unspecified atom stereocenters. The first kappa shape index (κ1) is 13.6. The lowest BCUT2D eigenvalue weighted by Crippen LogP contribution is -2.43. The Hall–Kier alpha value is -1.45. The quantitative estimate of drug-likeness (QED) is 0.826. The zero-order valence-electron chi connectivity index (χ0n) is 11.2. The predicted molar refractivity (Wildman–Crippen MR) is 71.0 cm³/mol. The molecule has 4 heteroatoms. The molecule has 1 heterocycles. The molecule has 3 N–H and O–H groups in total. The van der Waals surface area contributed by atoms with E-state index in [9.17, 15) is 4.79 Å². The van der Waals surface area contributed by atoms with E-state index < -0.39 is 0 Å². The minimum absolute atomic E-state index is 0.0537. The predicted octanol–water partition coefficient (Wildman–Crippen LogP) is 2.40. The monoisotopic (exact) mass is 237 g/mol. The van der Waals surface area contributed by atoms with Gasteiger partial charge in [0.2, 0.25) is 0 Å². The summed E-state index contributed by atoms with van der Waals surface area (Å²) in [5.41, 5.74) is 6.80. The molecule has 0 spiro atoms. The minimum Gasteiger partial charge on any atom is -0.397 e. The average Bonchev–Trinajstić information content (AvgIpc) is 2.58. The second-order valence-corrected chi connectivity index (χ2v) is 5.03. The Labute approximate surface area is 103 Å². The van der Waals surface area contributed by atoms with Crippen LogP contribution in [0.4, 0.5) is 5.69 Å². The Balaban J connectivity index is 2.82. The largest absolute Gasteiger partial charge is 0.397 e. The van der Waals surface area contributed by atoms with Crippen molar-refractivity contribution in [3.05, 3.63) is 18.0 Å². The fourth-order valence-electron chi connectivity index (χ4n) is 2.04. The molecule has 0 bridgehead atoms. The van der Waals surface area contributed by atoms with Gasteiger partial charge in [-0.3, -0.25) is 4.79 Å². The van der Waals surface area contributed by atoms with Gasteiger partial charge in [-0.1, -0.05) is 13.3 Å². The topological polar surface area (TPSA) is 60.1 Å². The highest BCUT2D eigenvalue weighted by atomic mass is 16.2. The van der Waals surface area contributed by atoms with Crippen LogP contribution in [-0.2, 0) is 6.54 Å². The number of anilines is 1. The summed E-state index contributed by atoms with van der Waals surface area (Å²) in [6.45, 7) is 8.93. The molecule has 0 saturated carbocycles. The van der Waals surface area contributed by atoms with Gasteiger partial charge in [0.25, 0.3) is 5.91 Å². The highest BCUT2D eigenvalue weighted by molar-refractivity contribution is 5.94. The van der Waals surface area contributed by atoms with Crippen molar-refractivity contribution >= 4 is 11.6 Å². The van der Waals surface area contributed by atoms with Crippen LogP contribution < -0.4 is 11.1 Å². The van der Waals surface area contributed by atoms with Gasteiger partial charge in [-0.05, 0) is 33.3 Å². The molecule has 1 aromatic rings. The summed E-state index contributed by atoms with van der Waals surface area (Å²) < 4.78 is 1.87. The second-order valence-electron chi connectivity index (χ2n) is 5.03. The van der Waals surface area contributed by atoms with Crippen molar-refractivity contribution in [3.63, 3.8) is 0 Å². The average molecular weight is 237 g/mol. The van der Waals surface area contributed by atoms with Crippen molar-refractivity contribution in [1.82, 2.24) is 9.88 Å². The Morgan fingerprint density at radius 1 is 1.47 bits per heavy atom. The number of aromatic nitrogens is 1. The van der Waals surface area contributed by atoms with Gasteiger partial charge in [0, 0.05) is 18.3 Å². The maximum Gasteiger partial charge on any atom is 0.268 e. The first-order valence-electron chi connectivity index (χ1n) is 6.17. The van der Waals surface area contributed by atoms with E-state index in [-0.39, 0.29) is 11.4 Å². The van der Waals surface area contributed by atoms with Gasteiger partial charge in [0.15, 0.2) is 0 Å². The van der Waals surface area contributed by atoms with Crippen LogP contribution in [0.3, 0.4) is 0 Å². The molecular weight excluding hydrogens is 214 g/mol. The Bertz CT molecular complexity index is 393. The lowest BCUT2D eigenvalue weighted by Gasteiger charge is -2.25. The molecule has 0 aliphatic rings. The number of amides is 1. The fourth-order valence-corrected chi connectivity index (χ4v) is 2.04. The van der Waals surface area contributed by atoms with E-state index in [1.807, 2.05) is 25.3 Å². The maximum absolute atomic E-state index is 12.1. The number of carbonyl (C=O) groups is 1. The van der Waals surface area contributed by atoms with Gasteiger partial charge in [-0.25, -0.2) is 0 Å². The third-order valence-corrected chi connectivity index (χ3v) is 2.82. The summed E-state index contributed by atoms with van der Waals surface area (Å²) in [6.07, 6.45) is 3.80. The van der Waals surface area contributed by atoms with Crippen LogP contribution in [0.15, 0.2) is 12.3 Å². The van der Waals surface area contributed by atoms with E-state index in [0.29, 0.717) is 11.4 Å². The Kier molecular flexibility index (Phi) is 4.21. The van der Waals surface area contributed by atoms with Crippen LogP contribution >= 0.6 is 0 Å². The van der Waals surface area contributed by atoms with E-state index in [1.165, 1.54) is 0 Å². The standard InChI is InChI=1S/C13H23N3O/c1-5-7-13(3,4)15-12(17)11-8-10(14)9-16(11)6-2/h8-9H,5-7,14H2,1-4H3,(H,15,17). The normalized spacial score (nSPS) is 11.5. The van der Waals surface area contributed by atoms with Crippen LogP contribution in [0.1, 0.15) is 51.0 Å². The molecule has 17 heavy (non-hydrogen) atoms. The van der Waals surface area contributed by atoms with Crippen molar-refractivity contribution in [2.75, 3.05) is 5.73 Å². The zero-order valence-corrected chi connectivity index (χ0v) is 11.2. The van der Waals surface area contributed by atoms with E-state index >= 15 is 0 Å². The number of hydrogen-bond donors (Lipinski definition) is 2. The Morgan fingerprint density at radius 2 is 2.12 bits per heavy atom. The van der Waals surface area contributed by atoms with Gasteiger partial charge >= 0.3 is 0 Å². The SMILES string of the molecule is CCCC(C)(C)NC(=O)c1cc(N)cn1CC. The first-order chi connectivity index (χ1) is 7.89. The molecule has 0 fully saturated rings. The number of nitrogens with zero attached hydrogens (tertiary/aromatic N) is 1. The highest BCUT2D eigenvalue weighted by Gasteiger charge is 2.21. The molecule has 4 nitrogen and oxygen atoms in total. The molecule has 1 aromatic heterocycles. The summed E-state index contributed by atoms with van der Waals surface area (Å²) in [4.78, 5) is 12.1. The molecule has 0 radical (unpaired) electrons. The zero-order chi connectivity index (χ0) is 13.1. The number of aryl methyl sites for hydroxylation is 1. The van der Waals surface area contributed by atoms with Gasteiger partial charge in [0.05, 0.1) is 5.69 Å². The van der Waals surface area contributed by atoms with Crippen molar-refractivity contribution in [3.8, 4) is 0 Å². The number of nitrogens with two attached hydrogens (primary N) is 1. The van der Waals surface area contributed by atoms with Crippen LogP contribution in [0, 0.1) is 0 Å². The highest BCUT2D eigenvalue weighted by Crippen LogP contribution is 2.15. The van der Waals surface area contributed by atoms with Gasteiger partial charge in [0.1, 0.15) is 5.69 Å². The summed E-state index contributed by atoms with van der Waals surface area (Å²) >= 11 is 0. The van der Waals surface area contributed by atoms with Crippen molar-refractivity contribution in [2.24, 2.45) is 0 Å². The minimum atomic E-state index is -0.177. The number of carbonyl (C=O) groups excluding carboxylic acids is 1. The van der Waals surface area contributed by atoms with Crippen molar-refractivity contribution in [2.45, 2.75) is 52.6 Å². The summed E-state index contributed by atoms with van der Waals surface area (Å²) in [5, 5.41) is 3.05. The lowest BCUT2D eigenvalue weighted by molar-refractivity contribution is 0.0899. The molecule has 0 saturated heterocycles. The molecule has 0 atom stereocenters. The van der Waals surface area contributed by atoms with Crippen LogP contribution in [-0.4, -0.2) is 16.0 Å². The van der Waals surface area contributed by atoms with E-state index in [1.54, 1.807) is 12.3 Å². The van der Waals surface area contributed by atoms with E-state index in [0.717, 1.165) is 19.4 Å². The van der Waals surface area contributed by atoms with Crippen molar-refractivity contribution in [1.29, 1.82) is 0 Å². The lowest BCUT2D eigenvalue weighted by atomic mass is 9.99. The molecule has 0 aromatic carbocycles. The number of nitrogens with one attached hydrogen (secondary N) is 1. The fraction of sp³-hybridized carbons (Fsp3) is 0.615. The van der Waals surface area contributed by atoms with E-state index in [4.69, 9.17) is 5.73 Å². The number of rotatable bonds is 5. The van der Waals surface area contributed by atoms with Gasteiger partial charge in [-0.15, -0.1) is 0 Å². The van der Waals surface area contributed by atoms with Crippen LogP contribution in [0.2, 0.25) is 0 Å². The molecule has 96 valence electrons. The van der Waals surface area contributed by atoms with E-state index in [2.05, 4.69) is 12.2 Å². The van der Waals surface area contributed by atoms with Crippen LogP contribution in [0.5, 0.6) is 0 Å². The van der Waals surface area contributed by atoms with Gasteiger partial charge in [-0.2, -0.15) is 0 Å². The Morgan fingerprint density at radius 3 is 2.65 bits per heavy atom. The number of hydrogen-bond acceptors (Lipinski definition) is 2. The van der Waals surface area contributed by atoms with Crippen LogP contribution in [0.25, 0.3) is 0 Å². The maximum atomic E-state index is 12.1. The smallest absolute Gasteiger partial charge is 0.268 e. The third-order valence-electron chi connectivity index (χ3n) is 2.82. The summed E-state index contributed by atoms with van der Waals surface area (Å²) in [7, 11) is 0. The molecule has 0 aliphatic carbocycles. The summed E-state index contributed by atoms with van der Waals surface area (Å²) in [5.74, 6) is -0.0537. The molecule has 1 rings (SSSR count). The van der Waals surface area contributed by atoms with Gasteiger partial charge < -0.3 is 15.6 Å². The number of nitrogen functional groups attached to an aromatic ring is 1.